The maximum absolute atomic E-state index is 11.9. The van der Waals surface area contributed by atoms with Gasteiger partial charge in [0.05, 0.1) is 6.61 Å². The highest BCUT2D eigenvalue weighted by Gasteiger charge is 2.30. The van der Waals surface area contributed by atoms with Gasteiger partial charge in [0.2, 0.25) is 0 Å². The lowest BCUT2D eigenvalue weighted by Gasteiger charge is -2.11. The molecule has 0 unspecified atom stereocenters. The Kier molecular flexibility index (Phi) is 3.54. The van der Waals surface area contributed by atoms with Crippen LogP contribution in [0.25, 0.3) is 0 Å². The Hall–Kier alpha value is -1.38. The summed E-state index contributed by atoms with van der Waals surface area (Å²) in [6.07, 6.45) is 9.37. The van der Waals surface area contributed by atoms with Crippen molar-refractivity contribution in [3.8, 4) is 0 Å². The van der Waals surface area contributed by atoms with E-state index in [4.69, 9.17) is 4.74 Å². The lowest BCUT2D eigenvalue weighted by atomic mass is 9.95. The summed E-state index contributed by atoms with van der Waals surface area (Å²) in [5, 5.41) is 0. The first-order valence-corrected chi connectivity index (χ1v) is 7.44. The summed E-state index contributed by atoms with van der Waals surface area (Å²) >= 11 is 0. The van der Waals surface area contributed by atoms with E-state index in [2.05, 4.69) is 11.1 Å². The first kappa shape index (κ1) is 12.6. The number of rotatable bonds is 5. The van der Waals surface area contributed by atoms with Crippen LogP contribution in [-0.4, -0.2) is 17.6 Å². The van der Waals surface area contributed by atoms with Crippen LogP contribution in [0.5, 0.6) is 0 Å². The molecule has 0 amide bonds. The molecule has 3 heteroatoms. The molecule has 0 aliphatic heterocycles. The molecule has 1 saturated carbocycles. The van der Waals surface area contributed by atoms with Crippen molar-refractivity contribution in [1.29, 1.82) is 0 Å². The van der Waals surface area contributed by atoms with Crippen LogP contribution < -0.4 is 0 Å². The molecule has 0 spiro atoms. The van der Waals surface area contributed by atoms with E-state index in [1.165, 1.54) is 37.7 Å². The zero-order chi connectivity index (χ0) is 13.2. The number of hydrogen-bond donors (Lipinski definition) is 0. The Morgan fingerprint density at radius 1 is 1.37 bits per heavy atom. The Bertz CT molecular complexity index is 480. The molecule has 102 valence electrons. The summed E-state index contributed by atoms with van der Waals surface area (Å²) < 4.78 is 5.10. The highest BCUT2D eigenvalue weighted by Crippen LogP contribution is 2.41. The molecular formula is C16H21NO2. The summed E-state index contributed by atoms with van der Waals surface area (Å²) in [5.41, 5.74) is 3.04. The Morgan fingerprint density at radius 3 is 2.95 bits per heavy atom. The monoisotopic (exact) mass is 259 g/mol. The Labute approximate surface area is 114 Å². The topological polar surface area (TPSA) is 39.2 Å². The summed E-state index contributed by atoms with van der Waals surface area (Å²) in [6.45, 7) is 2.24. The normalized spacial score (nSPS) is 21.2. The van der Waals surface area contributed by atoms with Crippen LogP contribution in [0.15, 0.2) is 12.3 Å². The van der Waals surface area contributed by atoms with E-state index in [-0.39, 0.29) is 5.97 Å². The van der Waals surface area contributed by atoms with Gasteiger partial charge in [-0.1, -0.05) is 12.8 Å². The molecule has 2 aliphatic rings. The predicted molar refractivity (Wildman–Crippen MR) is 73.2 cm³/mol. The van der Waals surface area contributed by atoms with Gasteiger partial charge in [-0.05, 0) is 61.6 Å². The number of hydrogen-bond acceptors (Lipinski definition) is 3. The van der Waals surface area contributed by atoms with Gasteiger partial charge in [0, 0.05) is 6.20 Å². The Morgan fingerprint density at radius 2 is 2.21 bits per heavy atom. The number of nitrogens with zero attached hydrogens (tertiary/aromatic N) is 1. The third kappa shape index (κ3) is 2.65. The molecule has 1 aromatic heterocycles. The second-order valence-electron chi connectivity index (χ2n) is 5.70. The summed E-state index contributed by atoms with van der Waals surface area (Å²) in [7, 11) is 0. The summed E-state index contributed by atoms with van der Waals surface area (Å²) in [6, 6.07) is 2.10. The fourth-order valence-corrected chi connectivity index (χ4v) is 3.15. The molecule has 0 N–H and O–H groups in total. The van der Waals surface area contributed by atoms with Crippen molar-refractivity contribution in [3.05, 3.63) is 29.1 Å². The molecule has 1 aromatic rings. The number of carbonyl (C=O) groups excluding carboxylic acids is 1. The van der Waals surface area contributed by atoms with Gasteiger partial charge >= 0.3 is 5.97 Å². The van der Waals surface area contributed by atoms with Crippen LogP contribution in [0, 0.1) is 5.92 Å². The van der Waals surface area contributed by atoms with Gasteiger partial charge < -0.3 is 4.74 Å². The molecular weight excluding hydrogens is 238 g/mol. The SMILES string of the molecule is CCOC(=O)c1nccc2c1CC[C@H]2CCC1CC1. The standard InChI is InChI=1S/C16H21NO2/c1-2-19-16(18)15-14-8-7-12(6-5-11-3-4-11)13(14)9-10-17-15/h9-12H,2-8H2,1H3/t12-/m1/s1. The van der Waals surface area contributed by atoms with Crippen LogP contribution >= 0.6 is 0 Å². The zero-order valence-electron chi connectivity index (χ0n) is 11.5. The zero-order valence-corrected chi connectivity index (χ0v) is 11.5. The summed E-state index contributed by atoms with van der Waals surface area (Å²) in [4.78, 5) is 16.1. The minimum atomic E-state index is -0.262. The van der Waals surface area contributed by atoms with E-state index in [0.717, 1.165) is 17.9 Å². The van der Waals surface area contributed by atoms with Crippen molar-refractivity contribution in [2.45, 2.75) is 51.4 Å². The number of fused-ring (bicyclic) bond motifs is 1. The highest BCUT2D eigenvalue weighted by atomic mass is 16.5. The molecule has 1 fully saturated rings. The molecule has 1 heterocycles. The summed E-state index contributed by atoms with van der Waals surface area (Å²) in [5.74, 6) is 1.35. The van der Waals surface area contributed by atoms with Gasteiger partial charge in [-0.25, -0.2) is 9.78 Å². The van der Waals surface area contributed by atoms with Crippen LogP contribution in [0.1, 0.15) is 66.6 Å². The highest BCUT2D eigenvalue weighted by molar-refractivity contribution is 5.89. The molecule has 2 aliphatic carbocycles. The molecule has 0 aromatic carbocycles. The fraction of sp³-hybridized carbons (Fsp3) is 0.625. The van der Waals surface area contributed by atoms with Gasteiger partial charge in [-0.2, -0.15) is 0 Å². The van der Waals surface area contributed by atoms with Crippen LogP contribution in [0.4, 0.5) is 0 Å². The van der Waals surface area contributed by atoms with Gasteiger partial charge in [0.1, 0.15) is 0 Å². The fourth-order valence-electron chi connectivity index (χ4n) is 3.15. The van der Waals surface area contributed by atoms with Gasteiger partial charge in [0.25, 0.3) is 0 Å². The number of esters is 1. The van der Waals surface area contributed by atoms with Crippen molar-refractivity contribution in [2.24, 2.45) is 5.92 Å². The second-order valence-corrected chi connectivity index (χ2v) is 5.70. The molecule has 3 nitrogen and oxygen atoms in total. The van der Waals surface area contributed by atoms with Crippen LogP contribution in [-0.2, 0) is 11.2 Å². The van der Waals surface area contributed by atoms with E-state index < -0.39 is 0 Å². The third-order valence-corrected chi connectivity index (χ3v) is 4.36. The van der Waals surface area contributed by atoms with Crippen molar-refractivity contribution in [1.82, 2.24) is 4.98 Å². The number of pyridine rings is 1. The van der Waals surface area contributed by atoms with Gasteiger partial charge in [-0.3, -0.25) is 0 Å². The number of aromatic nitrogens is 1. The van der Waals surface area contributed by atoms with Crippen molar-refractivity contribution in [2.75, 3.05) is 6.61 Å². The van der Waals surface area contributed by atoms with Crippen molar-refractivity contribution >= 4 is 5.97 Å². The molecule has 19 heavy (non-hydrogen) atoms. The van der Waals surface area contributed by atoms with Crippen molar-refractivity contribution in [3.63, 3.8) is 0 Å². The first-order valence-electron chi connectivity index (χ1n) is 7.44. The minimum absolute atomic E-state index is 0.262. The molecule has 3 rings (SSSR count). The molecule has 1 atom stereocenters. The van der Waals surface area contributed by atoms with Gasteiger partial charge in [0.15, 0.2) is 5.69 Å². The van der Waals surface area contributed by atoms with Gasteiger partial charge in [-0.15, -0.1) is 0 Å². The van der Waals surface area contributed by atoms with Crippen LogP contribution in [0.2, 0.25) is 0 Å². The smallest absolute Gasteiger partial charge is 0.357 e. The lowest BCUT2D eigenvalue weighted by molar-refractivity contribution is 0.0518. The van der Waals surface area contributed by atoms with E-state index in [1.807, 2.05) is 6.92 Å². The van der Waals surface area contributed by atoms with E-state index in [1.54, 1.807) is 6.20 Å². The molecule has 0 bridgehead atoms. The van der Waals surface area contributed by atoms with Crippen molar-refractivity contribution < 1.29 is 9.53 Å². The second kappa shape index (κ2) is 5.32. The minimum Gasteiger partial charge on any atom is -0.461 e. The van der Waals surface area contributed by atoms with E-state index in [0.29, 0.717) is 18.2 Å². The average Bonchev–Trinajstić information content (AvgIpc) is 3.16. The largest absolute Gasteiger partial charge is 0.461 e. The predicted octanol–water partition coefficient (Wildman–Crippen LogP) is 3.48. The third-order valence-electron chi connectivity index (χ3n) is 4.36. The maximum Gasteiger partial charge on any atom is 0.357 e. The molecule has 0 saturated heterocycles. The number of carbonyl (C=O) groups is 1. The van der Waals surface area contributed by atoms with E-state index in [9.17, 15) is 4.79 Å². The Balaban J connectivity index is 1.77. The van der Waals surface area contributed by atoms with Crippen LogP contribution in [0.3, 0.4) is 0 Å². The number of ether oxygens (including phenoxy) is 1. The maximum atomic E-state index is 11.9. The molecule has 0 radical (unpaired) electrons. The quantitative estimate of drug-likeness (QED) is 0.760. The first-order chi connectivity index (χ1) is 9.29. The van der Waals surface area contributed by atoms with E-state index >= 15 is 0 Å². The average molecular weight is 259 g/mol. The lowest BCUT2D eigenvalue weighted by Crippen LogP contribution is -2.10.